The monoisotopic (exact) mass is 261 g/mol. The summed E-state index contributed by atoms with van der Waals surface area (Å²) in [7, 11) is 0. The van der Waals surface area contributed by atoms with Crippen LogP contribution in [0.2, 0.25) is 0 Å². The molecule has 1 fully saturated rings. The van der Waals surface area contributed by atoms with E-state index in [0.29, 0.717) is 6.04 Å². The average Bonchev–Trinajstić information content (AvgIpc) is 2.37. The molecule has 0 amide bonds. The SMILES string of the molecule is Cc1cccc(C(C)N2CCC(C(=O)O)C(C)C2)c1. The first kappa shape index (κ1) is 14.1. The second kappa shape index (κ2) is 5.74. The lowest BCUT2D eigenvalue weighted by atomic mass is 9.86. The van der Waals surface area contributed by atoms with E-state index >= 15 is 0 Å². The van der Waals surface area contributed by atoms with Crippen molar-refractivity contribution in [3.8, 4) is 0 Å². The smallest absolute Gasteiger partial charge is 0.306 e. The summed E-state index contributed by atoms with van der Waals surface area (Å²) in [5, 5.41) is 9.17. The zero-order valence-corrected chi connectivity index (χ0v) is 12.0. The number of carboxylic acid groups (broad SMARTS) is 1. The molecule has 0 bridgehead atoms. The van der Waals surface area contributed by atoms with Crippen LogP contribution in [0.4, 0.5) is 0 Å². The van der Waals surface area contributed by atoms with Crippen LogP contribution in [0.5, 0.6) is 0 Å². The number of carboxylic acids is 1. The van der Waals surface area contributed by atoms with Gasteiger partial charge in [0.25, 0.3) is 0 Å². The maximum absolute atomic E-state index is 11.1. The van der Waals surface area contributed by atoms with E-state index in [0.717, 1.165) is 19.5 Å². The van der Waals surface area contributed by atoms with Gasteiger partial charge in [-0.15, -0.1) is 0 Å². The first-order valence-electron chi connectivity index (χ1n) is 7.02. The molecule has 19 heavy (non-hydrogen) atoms. The fourth-order valence-corrected chi connectivity index (χ4v) is 3.04. The Kier molecular flexibility index (Phi) is 4.25. The van der Waals surface area contributed by atoms with Gasteiger partial charge in [0.1, 0.15) is 0 Å². The van der Waals surface area contributed by atoms with Crippen LogP contribution in [0.3, 0.4) is 0 Å². The molecule has 1 aliphatic rings. The molecule has 3 unspecified atom stereocenters. The first-order chi connectivity index (χ1) is 8.99. The van der Waals surface area contributed by atoms with E-state index in [1.165, 1.54) is 11.1 Å². The van der Waals surface area contributed by atoms with Crippen molar-refractivity contribution in [3.05, 3.63) is 35.4 Å². The topological polar surface area (TPSA) is 40.5 Å². The molecule has 1 aromatic carbocycles. The van der Waals surface area contributed by atoms with Crippen molar-refractivity contribution in [2.45, 2.75) is 33.2 Å². The number of rotatable bonds is 3. The van der Waals surface area contributed by atoms with Crippen LogP contribution < -0.4 is 0 Å². The second-order valence-corrected chi connectivity index (χ2v) is 5.80. The van der Waals surface area contributed by atoms with Gasteiger partial charge in [0.05, 0.1) is 5.92 Å². The highest BCUT2D eigenvalue weighted by atomic mass is 16.4. The minimum absolute atomic E-state index is 0.180. The average molecular weight is 261 g/mol. The normalized spacial score (nSPS) is 26.1. The maximum atomic E-state index is 11.1. The van der Waals surface area contributed by atoms with Crippen LogP contribution in [0.15, 0.2) is 24.3 Å². The van der Waals surface area contributed by atoms with Crippen molar-refractivity contribution in [2.75, 3.05) is 13.1 Å². The number of aliphatic carboxylic acids is 1. The van der Waals surface area contributed by atoms with Crippen molar-refractivity contribution >= 4 is 5.97 Å². The predicted octanol–water partition coefficient (Wildman–Crippen LogP) is 3.10. The number of piperidine rings is 1. The molecule has 1 aliphatic heterocycles. The summed E-state index contributed by atoms with van der Waals surface area (Å²) in [5.41, 5.74) is 2.60. The standard InChI is InChI=1S/C16H23NO2/c1-11-5-4-6-14(9-11)13(3)17-8-7-15(16(18)19)12(2)10-17/h4-6,9,12-13,15H,7-8,10H2,1-3H3,(H,18,19). The van der Waals surface area contributed by atoms with Gasteiger partial charge in [-0.25, -0.2) is 0 Å². The van der Waals surface area contributed by atoms with Gasteiger partial charge in [-0.1, -0.05) is 36.8 Å². The van der Waals surface area contributed by atoms with Crippen LogP contribution in [0, 0.1) is 18.8 Å². The van der Waals surface area contributed by atoms with Gasteiger partial charge in [0.15, 0.2) is 0 Å². The molecule has 3 nitrogen and oxygen atoms in total. The lowest BCUT2D eigenvalue weighted by Crippen LogP contribution is -2.43. The highest BCUT2D eigenvalue weighted by Gasteiger charge is 2.32. The zero-order valence-electron chi connectivity index (χ0n) is 12.0. The summed E-state index contributed by atoms with van der Waals surface area (Å²) in [6.45, 7) is 8.11. The number of carbonyl (C=O) groups is 1. The Morgan fingerprint density at radius 1 is 1.47 bits per heavy atom. The molecular formula is C16H23NO2. The minimum atomic E-state index is -0.643. The van der Waals surface area contributed by atoms with Gasteiger partial charge < -0.3 is 5.11 Å². The van der Waals surface area contributed by atoms with E-state index in [9.17, 15) is 4.79 Å². The molecule has 2 rings (SSSR count). The Hall–Kier alpha value is -1.35. The van der Waals surface area contributed by atoms with Gasteiger partial charge in [0, 0.05) is 12.6 Å². The summed E-state index contributed by atoms with van der Waals surface area (Å²) in [6, 6.07) is 8.94. The molecule has 3 atom stereocenters. The predicted molar refractivity (Wildman–Crippen MR) is 76.1 cm³/mol. The first-order valence-corrected chi connectivity index (χ1v) is 7.02. The molecule has 0 radical (unpaired) electrons. The van der Waals surface area contributed by atoms with E-state index in [2.05, 4.69) is 43.0 Å². The Bertz CT molecular complexity index is 458. The largest absolute Gasteiger partial charge is 0.481 e. The van der Waals surface area contributed by atoms with Crippen LogP contribution in [-0.4, -0.2) is 29.1 Å². The summed E-state index contributed by atoms with van der Waals surface area (Å²) < 4.78 is 0. The van der Waals surface area contributed by atoms with Crippen LogP contribution in [0.1, 0.15) is 37.4 Å². The molecule has 0 saturated carbocycles. The molecule has 0 aliphatic carbocycles. The Balaban J connectivity index is 2.06. The minimum Gasteiger partial charge on any atom is -0.481 e. The van der Waals surface area contributed by atoms with Crippen LogP contribution >= 0.6 is 0 Å². The number of aryl methyl sites for hydroxylation is 1. The van der Waals surface area contributed by atoms with E-state index in [1.54, 1.807) is 0 Å². The number of benzene rings is 1. The zero-order chi connectivity index (χ0) is 14.0. The lowest BCUT2D eigenvalue weighted by molar-refractivity contribution is -0.145. The summed E-state index contributed by atoms with van der Waals surface area (Å²) >= 11 is 0. The molecule has 1 heterocycles. The maximum Gasteiger partial charge on any atom is 0.306 e. The van der Waals surface area contributed by atoms with E-state index < -0.39 is 5.97 Å². The Morgan fingerprint density at radius 3 is 2.79 bits per heavy atom. The fourth-order valence-electron chi connectivity index (χ4n) is 3.04. The van der Waals surface area contributed by atoms with Crippen LogP contribution in [-0.2, 0) is 4.79 Å². The highest BCUT2D eigenvalue weighted by Crippen LogP contribution is 2.30. The molecule has 1 saturated heterocycles. The molecule has 1 aromatic rings. The molecular weight excluding hydrogens is 238 g/mol. The van der Waals surface area contributed by atoms with Crippen molar-refractivity contribution in [1.82, 2.24) is 4.90 Å². The van der Waals surface area contributed by atoms with Gasteiger partial charge >= 0.3 is 5.97 Å². The summed E-state index contributed by atoms with van der Waals surface area (Å²) in [4.78, 5) is 13.5. The van der Waals surface area contributed by atoms with Crippen molar-refractivity contribution in [2.24, 2.45) is 11.8 Å². The third-order valence-corrected chi connectivity index (χ3v) is 4.33. The molecule has 3 heteroatoms. The number of nitrogens with zero attached hydrogens (tertiary/aromatic N) is 1. The van der Waals surface area contributed by atoms with Crippen molar-refractivity contribution in [3.63, 3.8) is 0 Å². The second-order valence-electron chi connectivity index (χ2n) is 5.80. The summed E-state index contributed by atoms with van der Waals surface area (Å²) in [6.07, 6.45) is 0.757. The van der Waals surface area contributed by atoms with E-state index in [1.807, 2.05) is 6.92 Å². The van der Waals surface area contributed by atoms with Gasteiger partial charge in [-0.2, -0.15) is 0 Å². The number of likely N-dealkylation sites (tertiary alicyclic amines) is 1. The Labute approximate surface area is 115 Å². The lowest BCUT2D eigenvalue weighted by Gasteiger charge is -2.38. The van der Waals surface area contributed by atoms with Gasteiger partial charge in [-0.3, -0.25) is 9.69 Å². The molecule has 0 spiro atoms. The number of hydrogen-bond donors (Lipinski definition) is 1. The van der Waals surface area contributed by atoms with Gasteiger partial charge in [0.2, 0.25) is 0 Å². The molecule has 0 aromatic heterocycles. The Morgan fingerprint density at radius 2 is 2.21 bits per heavy atom. The number of hydrogen-bond acceptors (Lipinski definition) is 2. The van der Waals surface area contributed by atoms with Gasteiger partial charge in [-0.05, 0) is 38.3 Å². The fraction of sp³-hybridized carbons (Fsp3) is 0.562. The molecule has 1 N–H and O–H groups in total. The van der Waals surface area contributed by atoms with Crippen molar-refractivity contribution < 1.29 is 9.90 Å². The third kappa shape index (κ3) is 3.16. The third-order valence-electron chi connectivity index (χ3n) is 4.33. The van der Waals surface area contributed by atoms with Crippen LogP contribution in [0.25, 0.3) is 0 Å². The van der Waals surface area contributed by atoms with E-state index in [4.69, 9.17) is 5.11 Å². The highest BCUT2D eigenvalue weighted by molar-refractivity contribution is 5.70. The summed E-state index contributed by atoms with van der Waals surface area (Å²) in [5.74, 6) is -0.602. The molecule has 104 valence electrons. The van der Waals surface area contributed by atoms with E-state index in [-0.39, 0.29) is 11.8 Å². The quantitative estimate of drug-likeness (QED) is 0.909. The van der Waals surface area contributed by atoms with Crippen molar-refractivity contribution in [1.29, 1.82) is 0 Å².